The Labute approximate surface area is 105 Å². The first kappa shape index (κ1) is 15.9. The molecule has 0 aromatic carbocycles. The van der Waals surface area contributed by atoms with E-state index >= 15 is 0 Å². The van der Waals surface area contributed by atoms with Crippen molar-refractivity contribution in [3.05, 3.63) is 0 Å². The van der Waals surface area contributed by atoms with Crippen LogP contribution in [0.25, 0.3) is 0 Å². The normalized spacial score (nSPS) is 10.8. The minimum Gasteiger partial charge on any atom is -0.344 e. The van der Waals surface area contributed by atoms with E-state index in [1.807, 2.05) is 6.41 Å². The predicted octanol–water partition coefficient (Wildman–Crippen LogP) is 1.52. The minimum atomic E-state index is -0.0224. The number of carbonyl (C=O) groups excluding carboxylic acids is 2. The predicted molar refractivity (Wildman–Crippen MR) is 69.2 cm³/mol. The Balaban J connectivity index is 4.09. The van der Waals surface area contributed by atoms with Gasteiger partial charge in [0, 0.05) is 20.1 Å². The maximum Gasteiger partial charge on any atom is 0.312 e. The Morgan fingerprint density at radius 2 is 1.76 bits per heavy atom. The molecule has 0 N–H and O–H groups in total. The number of hydrogen-bond donors (Lipinski definition) is 0. The SMILES string of the molecule is CC(C)CCN([C]=O)CC(=O)N(C)CC(C)C. The molecule has 0 aliphatic carbocycles. The van der Waals surface area contributed by atoms with Gasteiger partial charge < -0.3 is 9.80 Å². The Bertz CT molecular complexity index is 240. The molecule has 4 heteroatoms. The smallest absolute Gasteiger partial charge is 0.312 e. The third-order valence-electron chi connectivity index (χ3n) is 2.50. The van der Waals surface area contributed by atoms with Gasteiger partial charge in [0.15, 0.2) is 0 Å². The standard InChI is InChI=1S/C13H25N2O2/c1-11(2)6-7-15(10-16)9-13(17)14(5)8-12(3)4/h11-12H,6-9H2,1-5H3. The molecule has 99 valence electrons. The highest BCUT2D eigenvalue weighted by molar-refractivity contribution is 5.79. The van der Waals surface area contributed by atoms with Crippen LogP contribution in [0, 0.1) is 11.8 Å². The fraction of sp³-hybridized carbons (Fsp3) is 0.846. The summed E-state index contributed by atoms with van der Waals surface area (Å²) in [5.74, 6) is 0.938. The maximum absolute atomic E-state index is 11.8. The van der Waals surface area contributed by atoms with E-state index in [4.69, 9.17) is 0 Å². The number of carbonyl (C=O) groups is 1. The molecule has 0 heterocycles. The molecule has 0 aliphatic heterocycles. The molecule has 0 rings (SSSR count). The van der Waals surface area contributed by atoms with Crippen molar-refractivity contribution in [1.82, 2.24) is 9.80 Å². The molecule has 0 spiro atoms. The van der Waals surface area contributed by atoms with Gasteiger partial charge in [0.1, 0.15) is 6.54 Å². The number of rotatable bonds is 8. The molecule has 0 aromatic heterocycles. The Kier molecular flexibility index (Phi) is 7.59. The Morgan fingerprint density at radius 1 is 1.18 bits per heavy atom. The second-order valence-corrected chi connectivity index (χ2v) is 5.36. The lowest BCUT2D eigenvalue weighted by Crippen LogP contribution is -2.39. The molecule has 0 fully saturated rings. The van der Waals surface area contributed by atoms with E-state index < -0.39 is 0 Å². The minimum absolute atomic E-state index is 0.0224. The Morgan fingerprint density at radius 3 is 2.18 bits per heavy atom. The fourth-order valence-corrected chi connectivity index (χ4v) is 1.50. The summed E-state index contributed by atoms with van der Waals surface area (Å²) in [7, 11) is 1.77. The second kappa shape index (κ2) is 8.09. The van der Waals surface area contributed by atoms with Crippen molar-refractivity contribution in [3.63, 3.8) is 0 Å². The molecule has 0 aromatic rings. The van der Waals surface area contributed by atoms with E-state index in [2.05, 4.69) is 27.7 Å². The highest BCUT2D eigenvalue weighted by Gasteiger charge is 2.14. The first-order valence-electron chi connectivity index (χ1n) is 6.23. The van der Waals surface area contributed by atoms with Crippen LogP contribution in [0.2, 0.25) is 0 Å². The van der Waals surface area contributed by atoms with Gasteiger partial charge in [-0.1, -0.05) is 27.7 Å². The van der Waals surface area contributed by atoms with Crippen molar-refractivity contribution in [2.75, 3.05) is 26.7 Å². The summed E-state index contributed by atoms with van der Waals surface area (Å²) in [4.78, 5) is 25.6. The zero-order valence-electron chi connectivity index (χ0n) is 11.7. The maximum atomic E-state index is 11.8. The van der Waals surface area contributed by atoms with Gasteiger partial charge in [-0.25, -0.2) is 0 Å². The van der Waals surface area contributed by atoms with Gasteiger partial charge in [-0.15, -0.1) is 0 Å². The zero-order chi connectivity index (χ0) is 13.4. The number of nitrogens with zero attached hydrogens (tertiary/aromatic N) is 2. The van der Waals surface area contributed by atoms with Crippen LogP contribution in [-0.4, -0.2) is 48.8 Å². The van der Waals surface area contributed by atoms with E-state index in [1.165, 1.54) is 4.90 Å². The number of hydrogen-bond acceptors (Lipinski definition) is 2. The van der Waals surface area contributed by atoms with E-state index in [9.17, 15) is 9.59 Å². The van der Waals surface area contributed by atoms with Gasteiger partial charge in [-0.05, 0) is 18.3 Å². The van der Waals surface area contributed by atoms with Gasteiger partial charge in [-0.2, -0.15) is 0 Å². The van der Waals surface area contributed by atoms with Crippen LogP contribution in [0.4, 0.5) is 0 Å². The molecular weight excluding hydrogens is 216 g/mol. The third-order valence-corrected chi connectivity index (χ3v) is 2.50. The molecule has 2 amide bonds. The van der Waals surface area contributed by atoms with Gasteiger partial charge in [0.2, 0.25) is 5.91 Å². The van der Waals surface area contributed by atoms with Gasteiger partial charge in [0.05, 0.1) is 0 Å². The topological polar surface area (TPSA) is 40.6 Å². The van der Waals surface area contributed by atoms with Crippen LogP contribution in [-0.2, 0) is 9.59 Å². The summed E-state index contributed by atoms with van der Waals surface area (Å²) in [6.07, 6.45) is 2.73. The van der Waals surface area contributed by atoms with Crippen LogP contribution in [0.3, 0.4) is 0 Å². The fourth-order valence-electron chi connectivity index (χ4n) is 1.50. The van der Waals surface area contributed by atoms with Crippen molar-refractivity contribution in [3.8, 4) is 0 Å². The van der Waals surface area contributed by atoms with E-state index in [0.29, 0.717) is 18.4 Å². The molecule has 0 bridgehead atoms. The van der Waals surface area contributed by atoms with E-state index in [1.54, 1.807) is 11.9 Å². The van der Waals surface area contributed by atoms with Crippen molar-refractivity contribution >= 4 is 12.3 Å². The van der Waals surface area contributed by atoms with Crippen molar-refractivity contribution < 1.29 is 9.59 Å². The molecule has 4 nitrogen and oxygen atoms in total. The quantitative estimate of drug-likeness (QED) is 0.604. The van der Waals surface area contributed by atoms with Crippen molar-refractivity contribution in [1.29, 1.82) is 0 Å². The summed E-state index contributed by atoms with van der Waals surface area (Å²) in [6, 6.07) is 0. The van der Waals surface area contributed by atoms with Crippen LogP contribution in [0.1, 0.15) is 34.1 Å². The molecule has 0 unspecified atom stereocenters. The monoisotopic (exact) mass is 241 g/mol. The molecule has 1 radical (unpaired) electrons. The lowest BCUT2D eigenvalue weighted by molar-refractivity contribution is -0.130. The summed E-state index contributed by atoms with van der Waals surface area (Å²) in [5, 5.41) is 0. The summed E-state index contributed by atoms with van der Waals surface area (Å²) < 4.78 is 0. The van der Waals surface area contributed by atoms with E-state index in [-0.39, 0.29) is 12.5 Å². The molecule has 0 atom stereocenters. The van der Waals surface area contributed by atoms with Crippen LogP contribution in [0.15, 0.2) is 0 Å². The van der Waals surface area contributed by atoms with Crippen molar-refractivity contribution in [2.24, 2.45) is 11.8 Å². The lowest BCUT2D eigenvalue weighted by atomic mass is 10.1. The first-order valence-corrected chi connectivity index (χ1v) is 6.23. The number of amides is 2. The van der Waals surface area contributed by atoms with Crippen molar-refractivity contribution in [2.45, 2.75) is 34.1 Å². The molecule has 0 saturated carbocycles. The number of likely N-dealkylation sites (N-methyl/N-ethyl adjacent to an activating group) is 1. The second-order valence-electron chi connectivity index (χ2n) is 5.36. The lowest BCUT2D eigenvalue weighted by Gasteiger charge is -2.23. The van der Waals surface area contributed by atoms with Crippen LogP contribution < -0.4 is 0 Å². The highest BCUT2D eigenvalue weighted by atomic mass is 16.2. The first-order chi connectivity index (χ1) is 7.86. The molecule has 0 aliphatic rings. The van der Waals surface area contributed by atoms with Crippen LogP contribution >= 0.6 is 0 Å². The van der Waals surface area contributed by atoms with Crippen LogP contribution in [0.5, 0.6) is 0 Å². The molecule has 0 saturated heterocycles. The average molecular weight is 241 g/mol. The largest absolute Gasteiger partial charge is 0.344 e. The van der Waals surface area contributed by atoms with Gasteiger partial charge in [0.25, 0.3) is 0 Å². The summed E-state index contributed by atoms with van der Waals surface area (Å²) >= 11 is 0. The highest BCUT2D eigenvalue weighted by Crippen LogP contribution is 2.02. The molecular formula is C13H25N2O2. The van der Waals surface area contributed by atoms with E-state index in [0.717, 1.165) is 13.0 Å². The summed E-state index contributed by atoms with van der Waals surface area (Å²) in [6.45, 7) is 9.77. The average Bonchev–Trinajstić information content (AvgIpc) is 2.22. The van der Waals surface area contributed by atoms with Gasteiger partial charge in [-0.3, -0.25) is 9.59 Å². The molecule has 17 heavy (non-hydrogen) atoms. The summed E-state index contributed by atoms with van der Waals surface area (Å²) in [5.41, 5.74) is 0. The zero-order valence-corrected chi connectivity index (χ0v) is 11.7. The van der Waals surface area contributed by atoms with Gasteiger partial charge >= 0.3 is 6.41 Å². The third kappa shape index (κ3) is 7.77. The Hall–Kier alpha value is -1.06.